The molecule has 0 heterocycles. The van der Waals surface area contributed by atoms with Gasteiger partial charge in [0.1, 0.15) is 0 Å². The highest BCUT2D eigenvalue weighted by Crippen LogP contribution is 2.27. The highest BCUT2D eigenvalue weighted by atomic mass is 127. The van der Waals surface area contributed by atoms with E-state index < -0.39 is 0 Å². The van der Waals surface area contributed by atoms with Crippen LogP contribution in [-0.2, 0) is 0 Å². The third kappa shape index (κ3) is 2.09. The molecular weight excluding hydrogens is 237 g/mol. The van der Waals surface area contributed by atoms with Crippen molar-refractivity contribution in [2.24, 2.45) is 0 Å². The van der Waals surface area contributed by atoms with Crippen molar-refractivity contribution in [2.75, 3.05) is 14.1 Å². The monoisotopic (exact) mass is 253 g/mol. The predicted octanol–water partition coefficient (Wildman–Crippen LogP) is 2.29. The van der Waals surface area contributed by atoms with E-state index >= 15 is 0 Å². The summed E-state index contributed by atoms with van der Waals surface area (Å²) in [5, 5.41) is 0. The molecule has 60 valence electrons. The van der Waals surface area contributed by atoms with Gasteiger partial charge in [-0.05, 0) is 26.9 Å². The highest BCUT2D eigenvalue weighted by Gasteiger charge is 2.23. The molecule has 1 rings (SSSR count). The lowest BCUT2D eigenvalue weighted by molar-refractivity contribution is 0.242. The minimum absolute atomic E-state index is 0.842. The van der Waals surface area contributed by atoms with Crippen molar-refractivity contribution in [1.82, 2.24) is 4.90 Å². The maximum absolute atomic E-state index is 2.59. The summed E-state index contributed by atoms with van der Waals surface area (Å²) in [6, 6.07) is 0.842. The van der Waals surface area contributed by atoms with E-state index in [2.05, 4.69) is 41.6 Å². The Bertz CT molecular complexity index is 103. The van der Waals surface area contributed by atoms with Crippen LogP contribution in [0.15, 0.2) is 0 Å². The first-order valence-corrected chi connectivity index (χ1v) is 5.27. The summed E-state index contributed by atoms with van der Waals surface area (Å²) in [4.78, 5) is 2.37. The maximum Gasteiger partial charge on any atom is 0.0265 e. The van der Waals surface area contributed by atoms with Crippen molar-refractivity contribution in [3.05, 3.63) is 0 Å². The third-order valence-electron chi connectivity index (χ3n) is 2.31. The smallest absolute Gasteiger partial charge is 0.0265 e. The summed E-state index contributed by atoms with van der Waals surface area (Å²) < 4.78 is 0.890. The number of nitrogens with zero attached hydrogens (tertiary/aromatic N) is 1. The number of hydrogen-bond donors (Lipinski definition) is 0. The minimum Gasteiger partial charge on any atom is -0.305 e. The molecule has 1 aliphatic carbocycles. The topological polar surface area (TPSA) is 3.24 Å². The van der Waals surface area contributed by atoms with Crippen LogP contribution in [-0.4, -0.2) is 29.0 Å². The van der Waals surface area contributed by atoms with Crippen LogP contribution < -0.4 is 0 Å². The van der Waals surface area contributed by atoms with E-state index in [1.807, 2.05) is 0 Å². The van der Waals surface area contributed by atoms with Crippen molar-refractivity contribution in [3.63, 3.8) is 0 Å². The first-order valence-electron chi connectivity index (χ1n) is 4.02. The zero-order chi connectivity index (χ0) is 7.56. The van der Waals surface area contributed by atoms with E-state index in [-0.39, 0.29) is 0 Å². The first-order chi connectivity index (χ1) is 4.72. The van der Waals surface area contributed by atoms with Crippen molar-refractivity contribution < 1.29 is 0 Å². The SMILES string of the molecule is CN(C)[C@@H]1CCCC[C@H]1I. The Morgan fingerprint density at radius 1 is 1.20 bits per heavy atom. The van der Waals surface area contributed by atoms with Gasteiger partial charge < -0.3 is 4.90 Å². The average Bonchev–Trinajstić information content (AvgIpc) is 1.88. The predicted molar refractivity (Wildman–Crippen MR) is 53.8 cm³/mol. The van der Waals surface area contributed by atoms with Crippen molar-refractivity contribution in [1.29, 1.82) is 0 Å². The fourth-order valence-corrected chi connectivity index (χ4v) is 3.09. The molecule has 2 atom stereocenters. The van der Waals surface area contributed by atoms with Crippen molar-refractivity contribution >= 4 is 22.6 Å². The van der Waals surface area contributed by atoms with E-state index in [1.165, 1.54) is 25.7 Å². The van der Waals surface area contributed by atoms with Gasteiger partial charge in [-0.25, -0.2) is 0 Å². The molecule has 0 spiro atoms. The van der Waals surface area contributed by atoms with Gasteiger partial charge in [-0.15, -0.1) is 0 Å². The molecule has 10 heavy (non-hydrogen) atoms. The van der Waals surface area contributed by atoms with Gasteiger partial charge in [-0.2, -0.15) is 0 Å². The fraction of sp³-hybridized carbons (Fsp3) is 1.00. The fourth-order valence-electron chi connectivity index (χ4n) is 1.65. The molecule has 0 saturated heterocycles. The molecule has 0 N–H and O–H groups in total. The van der Waals surface area contributed by atoms with Crippen molar-refractivity contribution in [2.45, 2.75) is 35.6 Å². The van der Waals surface area contributed by atoms with E-state index in [9.17, 15) is 0 Å². The van der Waals surface area contributed by atoms with Gasteiger partial charge in [-0.3, -0.25) is 0 Å². The molecule has 2 heteroatoms. The second kappa shape index (κ2) is 3.90. The third-order valence-corrected chi connectivity index (χ3v) is 3.76. The Hall–Kier alpha value is 0.690. The molecule has 0 radical (unpaired) electrons. The van der Waals surface area contributed by atoms with Crippen LogP contribution in [0.3, 0.4) is 0 Å². The lowest BCUT2D eigenvalue weighted by Gasteiger charge is -2.32. The van der Waals surface area contributed by atoms with Crippen LogP contribution >= 0.6 is 22.6 Å². The van der Waals surface area contributed by atoms with Crippen LogP contribution in [0, 0.1) is 0 Å². The first kappa shape index (κ1) is 8.78. The molecule has 1 nitrogen and oxygen atoms in total. The normalized spacial score (nSPS) is 34.8. The Kier molecular flexibility index (Phi) is 3.43. The number of alkyl halides is 1. The number of rotatable bonds is 1. The van der Waals surface area contributed by atoms with Crippen LogP contribution in [0.5, 0.6) is 0 Å². The molecule has 0 bridgehead atoms. The van der Waals surface area contributed by atoms with Crippen LogP contribution in [0.25, 0.3) is 0 Å². The van der Waals surface area contributed by atoms with Gasteiger partial charge in [-0.1, -0.05) is 35.4 Å². The van der Waals surface area contributed by atoms with Crippen LogP contribution in [0.1, 0.15) is 25.7 Å². The second-order valence-electron chi connectivity index (χ2n) is 3.33. The molecule has 0 aromatic carbocycles. The van der Waals surface area contributed by atoms with Gasteiger partial charge in [0.25, 0.3) is 0 Å². The summed E-state index contributed by atoms with van der Waals surface area (Å²) >= 11 is 2.59. The Labute approximate surface area is 77.3 Å². The molecule has 0 aliphatic heterocycles. The molecule has 1 fully saturated rings. The zero-order valence-electron chi connectivity index (χ0n) is 6.81. The van der Waals surface area contributed by atoms with Crippen LogP contribution in [0.4, 0.5) is 0 Å². The highest BCUT2D eigenvalue weighted by molar-refractivity contribution is 14.1. The van der Waals surface area contributed by atoms with Gasteiger partial charge in [0.2, 0.25) is 0 Å². The lowest BCUT2D eigenvalue weighted by atomic mass is 9.95. The van der Waals surface area contributed by atoms with Gasteiger partial charge in [0.15, 0.2) is 0 Å². The molecular formula is C8H16IN. The summed E-state index contributed by atoms with van der Waals surface area (Å²) in [5.41, 5.74) is 0. The summed E-state index contributed by atoms with van der Waals surface area (Å²) in [7, 11) is 4.39. The lowest BCUT2D eigenvalue weighted by Crippen LogP contribution is -2.37. The molecule has 0 aromatic rings. The van der Waals surface area contributed by atoms with E-state index in [0.29, 0.717) is 0 Å². The molecule has 1 saturated carbocycles. The minimum atomic E-state index is 0.842. The largest absolute Gasteiger partial charge is 0.305 e. The standard InChI is InChI=1S/C8H16IN/c1-10(2)8-6-4-3-5-7(8)9/h7-8H,3-6H2,1-2H3/t7-,8-/m1/s1. The van der Waals surface area contributed by atoms with Crippen molar-refractivity contribution in [3.8, 4) is 0 Å². The Morgan fingerprint density at radius 3 is 2.20 bits per heavy atom. The number of hydrogen-bond acceptors (Lipinski definition) is 1. The van der Waals surface area contributed by atoms with Gasteiger partial charge >= 0.3 is 0 Å². The summed E-state index contributed by atoms with van der Waals surface area (Å²) in [5.74, 6) is 0. The summed E-state index contributed by atoms with van der Waals surface area (Å²) in [6.45, 7) is 0. The van der Waals surface area contributed by atoms with E-state index in [1.54, 1.807) is 0 Å². The molecule has 1 aliphatic rings. The zero-order valence-corrected chi connectivity index (χ0v) is 8.97. The average molecular weight is 253 g/mol. The summed E-state index contributed by atoms with van der Waals surface area (Å²) in [6.07, 6.45) is 5.70. The molecule has 0 aromatic heterocycles. The Morgan fingerprint density at radius 2 is 1.80 bits per heavy atom. The van der Waals surface area contributed by atoms with Crippen LogP contribution in [0.2, 0.25) is 0 Å². The second-order valence-corrected chi connectivity index (χ2v) is 4.93. The van der Waals surface area contributed by atoms with Gasteiger partial charge in [0, 0.05) is 9.97 Å². The van der Waals surface area contributed by atoms with Gasteiger partial charge in [0.05, 0.1) is 0 Å². The Balaban J connectivity index is 2.40. The molecule has 0 amide bonds. The number of halogens is 1. The molecule has 0 unspecified atom stereocenters. The van der Waals surface area contributed by atoms with E-state index in [4.69, 9.17) is 0 Å². The van der Waals surface area contributed by atoms with E-state index in [0.717, 1.165) is 9.97 Å². The quantitative estimate of drug-likeness (QED) is 0.512. The maximum atomic E-state index is 2.59.